The Morgan fingerprint density at radius 1 is 1.30 bits per heavy atom. The molecular formula is C18H22FN4O4. The van der Waals surface area contributed by atoms with Gasteiger partial charge in [-0.1, -0.05) is 0 Å². The molecule has 3 amide bonds. The summed E-state index contributed by atoms with van der Waals surface area (Å²) in [5.74, 6) is -0.882. The first kappa shape index (κ1) is 18.9. The highest BCUT2D eigenvalue weighted by molar-refractivity contribution is 5.90. The molecule has 0 aromatic heterocycles. The molecular weight excluding hydrogens is 355 g/mol. The number of halogens is 1. The molecule has 2 aliphatic rings. The normalized spacial score (nSPS) is 19.9. The molecule has 8 nitrogen and oxygen atoms in total. The van der Waals surface area contributed by atoms with Crippen LogP contribution in [0.1, 0.15) is 6.92 Å². The summed E-state index contributed by atoms with van der Waals surface area (Å²) in [5, 5.41) is 2.60. The minimum atomic E-state index is -0.569. The third-order valence-electron chi connectivity index (χ3n) is 4.67. The number of nitrogens with zero attached hydrogens (tertiary/aromatic N) is 3. The third-order valence-corrected chi connectivity index (χ3v) is 4.67. The molecule has 1 radical (unpaired) electrons. The van der Waals surface area contributed by atoms with Gasteiger partial charge in [0.2, 0.25) is 11.8 Å². The van der Waals surface area contributed by atoms with Gasteiger partial charge in [-0.15, -0.1) is 0 Å². The molecule has 0 unspecified atom stereocenters. The van der Waals surface area contributed by atoms with Crippen LogP contribution in [0.3, 0.4) is 0 Å². The van der Waals surface area contributed by atoms with Crippen LogP contribution in [0.2, 0.25) is 0 Å². The van der Waals surface area contributed by atoms with Gasteiger partial charge >= 0.3 is 6.09 Å². The summed E-state index contributed by atoms with van der Waals surface area (Å²) < 4.78 is 19.8. The number of hydrogen-bond donors (Lipinski definition) is 1. The molecule has 2 saturated heterocycles. The van der Waals surface area contributed by atoms with E-state index in [-0.39, 0.29) is 24.9 Å². The van der Waals surface area contributed by atoms with E-state index in [9.17, 15) is 18.8 Å². The smallest absolute Gasteiger partial charge is 0.414 e. The van der Waals surface area contributed by atoms with Crippen molar-refractivity contribution in [2.45, 2.75) is 13.0 Å². The van der Waals surface area contributed by atoms with Crippen molar-refractivity contribution in [3.05, 3.63) is 30.9 Å². The van der Waals surface area contributed by atoms with Crippen molar-refractivity contribution in [3.8, 4) is 0 Å². The first-order chi connectivity index (χ1) is 12.8. The van der Waals surface area contributed by atoms with Crippen molar-refractivity contribution >= 4 is 29.3 Å². The van der Waals surface area contributed by atoms with E-state index in [1.807, 2.05) is 4.90 Å². The molecule has 0 spiro atoms. The quantitative estimate of drug-likeness (QED) is 0.838. The number of amides is 3. The van der Waals surface area contributed by atoms with Crippen molar-refractivity contribution in [2.75, 3.05) is 49.1 Å². The molecule has 2 aliphatic heterocycles. The van der Waals surface area contributed by atoms with Crippen molar-refractivity contribution in [1.82, 2.24) is 10.2 Å². The molecule has 0 aliphatic carbocycles. The van der Waals surface area contributed by atoms with Crippen molar-refractivity contribution < 1.29 is 23.5 Å². The van der Waals surface area contributed by atoms with E-state index in [0.717, 1.165) is 0 Å². The molecule has 0 bridgehead atoms. The Bertz CT molecular complexity index is 749. The summed E-state index contributed by atoms with van der Waals surface area (Å²) >= 11 is 0. The highest BCUT2D eigenvalue weighted by Crippen LogP contribution is 2.28. The minimum absolute atomic E-state index is 0.208. The van der Waals surface area contributed by atoms with Crippen LogP contribution in [0.25, 0.3) is 0 Å². The third kappa shape index (κ3) is 4.29. The molecule has 3 rings (SSSR count). The number of rotatable bonds is 4. The standard InChI is InChI=1S/C18H22FN4O4/c1-12(24)20-10-15-11-23(18(26)27-15)14-3-4-17(16(19)9-14)22-7-5-21(6-8-22)13(2)25/h3-4,9,15H,2,5-8,10-11H2,1H3,(H,20,24)/t15-/m0/s1. The minimum Gasteiger partial charge on any atom is -0.442 e. The number of piperazine rings is 1. The van der Waals surface area contributed by atoms with Crippen LogP contribution in [0.5, 0.6) is 0 Å². The Morgan fingerprint density at radius 3 is 2.59 bits per heavy atom. The number of benzene rings is 1. The van der Waals surface area contributed by atoms with E-state index in [1.54, 1.807) is 17.0 Å². The second kappa shape index (κ2) is 7.81. The van der Waals surface area contributed by atoms with Gasteiger partial charge in [0.25, 0.3) is 0 Å². The van der Waals surface area contributed by atoms with E-state index < -0.39 is 18.0 Å². The fourth-order valence-corrected chi connectivity index (χ4v) is 3.21. The monoisotopic (exact) mass is 377 g/mol. The average molecular weight is 377 g/mol. The summed E-state index contributed by atoms with van der Waals surface area (Å²) in [4.78, 5) is 39.1. The molecule has 2 heterocycles. The Balaban J connectivity index is 1.66. The Labute approximate surface area is 156 Å². The fourth-order valence-electron chi connectivity index (χ4n) is 3.21. The van der Waals surface area contributed by atoms with Gasteiger partial charge in [0.05, 0.1) is 24.5 Å². The maximum atomic E-state index is 14.7. The highest BCUT2D eigenvalue weighted by Gasteiger charge is 2.33. The number of carbonyl (C=O) groups is 3. The van der Waals surface area contributed by atoms with E-state index in [4.69, 9.17) is 4.74 Å². The van der Waals surface area contributed by atoms with E-state index >= 15 is 0 Å². The molecule has 0 saturated carbocycles. The van der Waals surface area contributed by atoms with Crippen LogP contribution >= 0.6 is 0 Å². The fraction of sp³-hybridized carbons (Fsp3) is 0.444. The van der Waals surface area contributed by atoms with Gasteiger partial charge in [-0.2, -0.15) is 0 Å². The summed E-state index contributed by atoms with van der Waals surface area (Å²) in [5.41, 5.74) is 0.829. The van der Waals surface area contributed by atoms with Crippen LogP contribution < -0.4 is 15.1 Å². The lowest BCUT2D eigenvalue weighted by atomic mass is 10.2. The van der Waals surface area contributed by atoms with Gasteiger partial charge in [0.15, 0.2) is 0 Å². The van der Waals surface area contributed by atoms with Gasteiger partial charge in [0, 0.05) is 40.0 Å². The topological polar surface area (TPSA) is 82.2 Å². The maximum absolute atomic E-state index is 14.7. The highest BCUT2D eigenvalue weighted by atomic mass is 19.1. The number of carbonyl (C=O) groups excluding carboxylic acids is 3. The summed E-state index contributed by atoms with van der Waals surface area (Å²) in [7, 11) is 0. The second-order valence-electron chi connectivity index (χ2n) is 6.56. The van der Waals surface area contributed by atoms with Crippen LogP contribution in [0.15, 0.2) is 18.2 Å². The summed E-state index contributed by atoms with van der Waals surface area (Å²) in [6.45, 7) is 7.25. The Kier molecular flexibility index (Phi) is 5.48. The van der Waals surface area contributed by atoms with Gasteiger partial charge in [0.1, 0.15) is 11.9 Å². The number of cyclic esters (lactones) is 1. The SMILES string of the molecule is [CH2]C(=O)N1CCN(c2ccc(N3C[C@H](CNC(C)=O)OC3=O)cc2F)CC1. The Morgan fingerprint density at radius 2 is 2.00 bits per heavy atom. The van der Waals surface area contributed by atoms with Gasteiger partial charge < -0.3 is 19.9 Å². The molecule has 1 aromatic carbocycles. The zero-order valence-corrected chi connectivity index (χ0v) is 15.1. The van der Waals surface area contributed by atoms with Crippen molar-refractivity contribution in [2.24, 2.45) is 0 Å². The zero-order valence-electron chi connectivity index (χ0n) is 15.1. The molecule has 1 N–H and O–H groups in total. The van der Waals surface area contributed by atoms with Gasteiger partial charge in [-0.3, -0.25) is 14.5 Å². The average Bonchev–Trinajstić information content (AvgIpc) is 3.01. The zero-order chi connectivity index (χ0) is 19.6. The first-order valence-electron chi connectivity index (χ1n) is 8.73. The maximum Gasteiger partial charge on any atom is 0.414 e. The molecule has 27 heavy (non-hydrogen) atoms. The largest absolute Gasteiger partial charge is 0.442 e. The predicted molar refractivity (Wildman–Crippen MR) is 96.8 cm³/mol. The van der Waals surface area contributed by atoms with Crippen LogP contribution in [0.4, 0.5) is 20.6 Å². The summed E-state index contributed by atoms with van der Waals surface area (Å²) in [6, 6.07) is 4.59. The number of hydrogen-bond acceptors (Lipinski definition) is 5. The predicted octanol–water partition coefficient (Wildman–Crippen LogP) is 0.770. The molecule has 1 atom stereocenters. The number of nitrogens with one attached hydrogen (secondary N) is 1. The molecule has 2 fully saturated rings. The van der Waals surface area contributed by atoms with Crippen LogP contribution in [0, 0.1) is 12.7 Å². The van der Waals surface area contributed by atoms with E-state index in [2.05, 4.69) is 12.2 Å². The molecule has 9 heteroatoms. The summed E-state index contributed by atoms with van der Waals surface area (Å²) in [6.07, 6.45) is -1.04. The number of anilines is 2. The molecule has 1 aromatic rings. The van der Waals surface area contributed by atoms with Crippen molar-refractivity contribution in [1.29, 1.82) is 0 Å². The van der Waals surface area contributed by atoms with Crippen LogP contribution in [-0.4, -0.2) is 68.2 Å². The first-order valence-corrected chi connectivity index (χ1v) is 8.73. The lowest BCUT2D eigenvalue weighted by Crippen LogP contribution is -2.48. The lowest BCUT2D eigenvalue weighted by molar-refractivity contribution is -0.126. The molecule has 145 valence electrons. The van der Waals surface area contributed by atoms with Crippen LogP contribution in [-0.2, 0) is 14.3 Å². The van der Waals surface area contributed by atoms with Crippen molar-refractivity contribution in [3.63, 3.8) is 0 Å². The van der Waals surface area contributed by atoms with Gasteiger partial charge in [-0.25, -0.2) is 9.18 Å². The van der Waals surface area contributed by atoms with E-state index in [1.165, 1.54) is 17.9 Å². The van der Waals surface area contributed by atoms with Gasteiger partial charge in [-0.05, 0) is 18.2 Å². The second-order valence-corrected chi connectivity index (χ2v) is 6.56. The van der Waals surface area contributed by atoms with E-state index in [0.29, 0.717) is 37.6 Å². The Hall–Kier alpha value is -2.84. The number of ether oxygens (including phenoxy) is 1. The lowest BCUT2D eigenvalue weighted by Gasteiger charge is -2.35.